The van der Waals surface area contributed by atoms with E-state index in [1.54, 1.807) is 12.1 Å². The molecule has 118 valence electrons. The summed E-state index contributed by atoms with van der Waals surface area (Å²) >= 11 is 0. The summed E-state index contributed by atoms with van der Waals surface area (Å²) in [4.78, 5) is 13.6. The van der Waals surface area contributed by atoms with Gasteiger partial charge < -0.3 is 19.3 Å². The van der Waals surface area contributed by atoms with Gasteiger partial charge in [-0.05, 0) is 19.2 Å². The van der Waals surface area contributed by atoms with E-state index in [4.69, 9.17) is 14.2 Å². The number of hydrogen-bond acceptors (Lipinski definition) is 5. The fraction of sp³-hybridized carbons (Fsp3) is 0.533. The molecule has 0 fully saturated rings. The first-order valence-electron chi connectivity index (χ1n) is 6.80. The minimum Gasteiger partial charge on any atom is -0.496 e. The summed E-state index contributed by atoms with van der Waals surface area (Å²) in [5.41, 5.74) is 0.548. The van der Waals surface area contributed by atoms with E-state index in [1.807, 2.05) is 18.7 Å². The third-order valence-electron chi connectivity index (χ3n) is 3.44. The van der Waals surface area contributed by atoms with Crippen molar-refractivity contribution in [3.63, 3.8) is 0 Å². The normalized spacial score (nSPS) is 12.1. The van der Waals surface area contributed by atoms with Gasteiger partial charge in [0.1, 0.15) is 11.8 Å². The third-order valence-corrected chi connectivity index (χ3v) is 3.44. The fourth-order valence-electron chi connectivity index (χ4n) is 2.34. The van der Waals surface area contributed by atoms with Crippen LogP contribution in [0.1, 0.15) is 25.5 Å². The molecule has 0 aliphatic heterocycles. The van der Waals surface area contributed by atoms with Gasteiger partial charge >= 0.3 is 5.97 Å². The van der Waals surface area contributed by atoms with Crippen LogP contribution in [-0.4, -0.2) is 50.4 Å². The number of carboxylic acid groups (broad SMARTS) is 1. The molecule has 1 unspecified atom stereocenters. The number of nitrogens with zero attached hydrogens (tertiary/aromatic N) is 1. The quantitative estimate of drug-likeness (QED) is 0.793. The Bertz CT molecular complexity index is 485. The first kappa shape index (κ1) is 17.1. The number of carbonyl (C=O) groups is 1. The molecule has 0 spiro atoms. The van der Waals surface area contributed by atoms with Gasteiger partial charge in [0.2, 0.25) is 0 Å². The van der Waals surface area contributed by atoms with Crippen LogP contribution in [0.3, 0.4) is 0 Å². The minimum absolute atomic E-state index is 0.465. The lowest BCUT2D eigenvalue weighted by molar-refractivity contribution is -0.143. The van der Waals surface area contributed by atoms with Gasteiger partial charge in [-0.25, -0.2) is 0 Å². The molecule has 1 aromatic carbocycles. The predicted molar refractivity (Wildman–Crippen MR) is 79.4 cm³/mol. The fourth-order valence-corrected chi connectivity index (χ4v) is 2.34. The van der Waals surface area contributed by atoms with Crippen LogP contribution in [0.25, 0.3) is 0 Å². The summed E-state index contributed by atoms with van der Waals surface area (Å²) in [5.74, 6) is 0.518. The van der Waals surface area contributed by atoms with E-state index in [-0.39, 0.29) is 0 Å². The molecule has 0 heterocycles. The van der Waals surface area contributed by atoms with Crippen LogP contribution < -0.4 is 14.2 Å². The monoisotopic (exact) mass is 297 g/mol. The lowest BCUT2D eigenvalue weighted by atomic mass is 10.0. The summed E-state index contributed by atoms with van der Waals surface area (Å²) in [7, 11) is 4.54. The molecule has 0 radical (unpaired) electrons. The number of hydrogen-bond donors (Lipinski definition) is 1. The van der Waals surface area contributed by atoms with E-state index in [0.29, 0.717) is 35.9 Å². The Kier molecular flexibility index (Phi) is 6.30. The van der Waals surface area contributed by atoms with Crippen LogP contribution in [0.5, 0.6) is 17.2 Å². The van der Waals surface area contributed by atoms with Crippen LogP contribution >= 0.6 is 0 Å². The molecule has 1 aromatic rings. The second-order valence-electron chi connectivity index (χ2n) is 4.41. The first-order valence-corrected chi connectivity index (χ1v) is 6.80. The van der Waals surface area contributed by atoms with Crippen molar-refractivity contribution in [2.75, 3.05) is 34.4 Å². The molecular weight excluding hydrogens is 274 g/mol. The standard InChI is InChI=1S/C15H23NO5/c1-6-16(7-2)14(15(17)18)10-8-12(20-4)13(21-5)9-11(10)19-3/h8-9,14H,6-7H2,1-5H3,(H,17,18). The third kappa shape index (κ3) is 3.58. The van der Waals surface area contributed by atoms with E-state index in [9.17, 15) is 9.90 Å². The van der Waals surface area contributed by atoms with Crippen LogP contribution in [0.15, 0.2) is 12.1 Å². The smallest absolute Gasteiger partial charge is 0.325 e. The Balaban J connectivity index is 3.45. The number of likely N-dealkylation sites (N-methyl/N-ethyl adjacent to an activating group) is 1. The van der Waals surface area contributed by atoms with Gasteiger partial charge in [0.05, 0.1) is 21.3 Å². The molecule has 1 N–H and O–H groups in total. The predicted octanol–water partition coefficient (Wildman–Crippen LogP) is 2.18. The largest absolute Gasteiger partial charge is 0.496 e. The summed E-state index contributed by atoms with van der Waals surface area (Å²) in [6.45, 7) is 5.08. The molecule has 0 saturated heterocycles. The lowest BCUT2D eigenvalue weighted by Crippen LogP contribution is -2.34. The van der Waals surface area contributed by atoms with Crippen molar-refractivity contribution in [1.29, 1.82) is 0 Å². The van der Waals surface area contributed by atoms with E-state index < -0.39 is 12.0 Å². The Morgan fingerprint density at radius 3 is 1.90 bits per heavy atom. The van der Waals surface area contributed by atoms with Crippen molar-refractivity contribution in [1.82, 2.24) is 4.90 Å². The van der Waals surface area contributed by atoms with Crippen molar-refractivity contribution in [3.8, 4) is 17.2 Å². The second kappa shape index (κ2) is 7.73. The minimum atomic E-state index is -0.927. The summed E-state index contributed by atoms with van der Waals surface area (Å²) in [6, 6.07) is 2.51. The molecule has 6 nitrogen and oxygen atoms in total. The highest BCUT2D eigenvalue weighted by Crippen LogP contribution is 2.39. The number of rotatable bonds is 8. The number of ether oxygens (including phenoxy) is 3. The van der Waals surface area contributed by atoms with E-state index in [1.165, 1.54) is 21.3 Å². The Hall–Kier alpha value is -1.95. The van der Waals surface area contributed by atoms with Crippen LogP contribution in [-0.2, 0) is 4.79 Å². The number of aliphatic carboxylic acids is 1. The first-order chi connectivity index (χ1) is 10.0. The average Bonchev–Trinajstić information content (AvgIpc) is 2.50. The zero-order chi connectivity index (χ0) is 16.0. The molecule has 6 heteroatoms. The Morgan fingerprint density at radius 2 is 1.52 bits per heavy atom. The molecule has 0 aliphatic rings. The SMILES string of the molecule is CCN(CC)C(C(=O)O)c1cc(OC)c(OC)cc1OC. The van der Waals surface area contributed by atoms with E-state index in [0.717, 1.165) is 0 Å². The second-order valence-corrected chi connectivity index (χ2v) is 4.41. The molecule has 0 aliphatic carbocycles. The van der Waals surface area contributed by atoms with Gasteiger partial charge in [-0.15, -0.1) is 0 Å². The van der Waals surface area contributed by atoms with Gasteiger partial charge in [0.15, 0.2) is 11.5 Å². The van der Waals surface area contributed by atoms with Crippen molar-refractivity contribution in [2.24, 2.45) is 0 Å². The van der Waals surface area contributed by atoms with Crippen LogP contribution in [0.4, 0.5) is 0 Å². The average molecular weight is 297 g/mol. The molecular formula is C15H23NO5. The van der Waals surface area contributed by atoms with Gasteiger partial charge in [-0.2, -0.15) is 0 Å². The number of methoxy groups -OCH3 is 3. The summed E-state index contributed by atoms with van der Waals surface area (Å²) in [5, 5.41) is 9.60. The van der Waals surface area contributed by atoms with Crippen molar-refractivity contribution >= 4 is 5.97 Å². The van der Waals surface area contributed by atoms with Crippen LogP contribution in [0.2, 0.25) is 0 Å². The van der Waals surface area contributed by atoms with Gasteiger partial charge in [-0.3, -0.25) is 9.69 Å². The van der Waals surface area contributed by atoms with E-state index in [2.05, 4.69) is 0 Å². The Morgan fingerprint density at radius 1 is 1.05 bits per heavy atom. The highest BCUT2D eigenvalue weighted by Gasteiger charge is 2.29. The van der Waals surface area contributed by atoms with Gasteiger partial charge in [0.25, 0.3) is 0 Å². The van der Waals surface area contributed by atoms with Crippen molar-refractivity contribution in [2.45, 2.75) is 19.9 Å². The topological polar surface area (TPSA) is 68.2 Å². The maximum atomic E-state index is 11.7. The lowest BCUT2D eigenvalue weighted by Gasteiger charge is -2.28. The van der Waals surface area contributed by atoms with Crippen molar-refractivity contribution in [3.05, 3.63) is 17.7 Å². The zero-order valence-corrected chi connectivity index (χ0v) is 13.2. The summed E-state index contributed by atoms with van der Waals surface area (Å²) < 4.78 is 15.8. The van der Waals surface area contributed by atoms with Gasteiger partial charge in [-0.1, -0.05) is 13.8 Å². The molecule has 1 atom stereocenters. The van der Waals surface area contributed by atoms with E-state index >= 15 is 0 Å². The maximum absolute atomic E-state index is 11.7. The highest BCUT2D eigenvalue weighted by molar-refractivity contribution is 5.77. The van der Waals surface area contributed by atoms with Crippen LogP contribution in [0, 0.1) is 0 Å². The molecule has 1 rings (SSSR count). The molecule has 21 heavy (non-hydrogen) atoms. The number of benzene rings is 1. The number of carboxylic acids is 1. The molecule has 0 saturated carbocycles. The molecule has 0 bridgehead atoms. The van der Waals surface area contributed by atoms with Gasteiger partial charge in [0, 0.05) is 11.6 Å². The Labute approximate surface area is 125 Å². The molecule has 0 aromatic heterocycles. The maximum Gasteiger partial charge on any atom is 0.325 e. The summed E-state index contributed by atoms with van der Waals surface area (Å²) in [6.07, 6.45) is 0. The zero-order valence-electron chi connectivity index (χ0n) is 13.2. The molecule has 0 amide bonds. The highest BCUT2D eigenvalue weighted by atomic mass is 16.5. The van der Waals surface area contributed by atoms with Crippen molar-refractivity contribution < 1.29 is 24.1 Å².